The summed E-state index contributed by atoms with van der Waals surface area (Å²) in [4.78, 5) is 26.1. The number of hydrogen-bond acceptors (Lipinski definition) is 6. The molecule has 0 saturated heterocycles. The van der Waals surface area contributed by atoms with E-state index in [1.165, 1.54) is 36.4 Å². The molecule has 1 heterocycles. The van der Waals surface area contributed by atoms with E-state index in [0.717, 1.165) is 0 Å². The molecule has 0 fully saturated rings. The average Bonchev–Trinajstić information content (AvgIpc) is 2.91. The van der Waals surface area contributed by atoms with Gasteiger partial charge in [0.25, 0.3) is 5.69 Å². The highest BCUT2D eigenvalue weighted by Gasteiger charge is 2.13. The minimum absolute atomic E-state index is 0.0397. The quantitative estimate of drug-likeness (QED) is 0.296. The summed E-state index contributed by atoms with van der Waals surface area (Å²) in [6.45, 7) is 0. The van der Waals surface area contributed by atoms with Gasteiger partial charge in [-0.1, -0.05) is 5.16 Å². The number of carbonyl (C=O) groups is 1. The van der Waals surface area contributed by atoms with E-state index < -0.39 is 10.9 Å². The molecule has 8 nitrogen and oxygen atoms in total. The van der Waals surface area contributed by atoms with Crippen LogP contribution in [0, 0.1) is 10.1 Å². The van der Waals surface area contributed by atoms with Gasteiger partial charge >= 0.3 is 5.97 Å². The Morgan fingerprint density at radius 3 is 2.48 bits per heavy atom. The molecule has 0 spiro atoms. The van der Waals surface area contributed by atoms with E-state index in [-0.39, 0.29) is 17.3 Å². The maximum Gasteiger partial charge on any atom is 0.400 e. The Balaban J connectivity index is 2.07. The maximum absolute atomic E-state index is 11.5. The van der Waals surface area contributed by atoms with Crippen LogP contribution in [0.3, 0.4) is 0 Å². The van der Waals surface area contributed by atoms with E-state index in [1.54, 1.807) is 0 Å². The van der Waals surface area contributed by atoms with Gasteiger partial charge in [0.1, 0.15) is 0 Å². The standard InChI is InChI=1S/C12H8BrN3O5/c13-10-6-5-9(20-10)12(17)21-15-11(14)7-1-3-8(4-2-7)16(18)19/h1-6H,(H2,14,15). The molecule has 2 aromatic rings. The second-order valence-corrected chi connectivity index (χ2v) is 4.54. The minimum atomic E-state index is -0.814. The first-order valence-corrected chi connectivity index (χ1v) is 6.31. The summed E-state index contributed by atoms with van der Waals surface area (Å²) in [6.07, 6.45) is 0. The zero-order valence-electron chi connectivity index (χ0n) is 10.4. The van der Waals surface area contributed by atoms with E-state index >= 15 is 0 Å². The molecular formula is C12H8BrN3O5. The topological polar surface area (TPSA) is 121 Å². The monoisotopic (exact) mass is 353 g/mol. The zero-order chi connectivity index (χ0) is 15.4. The highest BCUT2D eigenvalue weighted by Crippen LogP contribution is 2.15. The lowest BCUT2D eigenvalue weighted by molar-refractivity contribution is -0.384. The molecule has 108 valence electrons. The molecule has 2 rings (SSSR count). The van der Waals surface area contributed by atoms with Crippen LogP contribution in [0.1, 0.15) is 16.1 Å². The summed E-state index contributed by atoms with van der Waals surface area (Å²) in [7, 11) is 0. The number of nitrogens with two attached hydrogens (primary N) is 1. The first-order valence-electron chi connectivity index (χ1n) is 5.52. The lowest BCUT2D eigenvalue weighted by atomic mass is 10.2. The molecule has 0 saturated carbocycles. The predicted molar refractivity (Wildman–Crippen MR) is 75.6 cm³/mol. The number of amidine groups is 1. The van der Waals surface area contributed by atoms with Gasteiger partial charge in [-0.3, -0.25) is 10.1 Å². The van der Waals surface area contributed by atoms with Crippen LogP contribution in [-0.2, 0) is 4.84 Å². The summed E-state index contributed by atoms with van der Waals surface area (Å²) in [5, 5.41) is 14.0. The second-order valence-electron chi connectivity index (χ2n) is 3.76. The van der Waals surface area contributed by atoms with Gasteiger partial charge in [-0.05, 0) is 40.2 Å². The van der Waals surface area contributed by atoms with Crippen molar-refractivity contribution in [3.63, 3.8) is 0 Å². The summed E-state index contributed by atoms with van der Waals surface area (Å²) < 4.78 is 5.36. The van der Waals surface area contributed by atoms with E-state index in [4.69, 9.17) is 10.2 Å². The van der Waals surface area contributed by atoms with Gasteiger partial charge in [0, 0.05) is 17.7 Å². The molecule has 0 radical (unpaired) electrons. The third kappa shape index (κ3) is 3.66. The second kappa shape index (κ2) is 6.18. The number of benzene rings is 1. The van der Waals surface area contributed by atoms with Crippen molar-refractivity contribution in [2.75, 3.05) is 0 Å². The first kappa shape index (κ1) is 14.7. The molecule has 0 aliphatic rings. The lowest BCUT2D eigenvalue weighted by Crippen LogP contribution is -2.15. The number of hydrogen-bond donors (Lipinski definition) is 1. The van der Waals surface area contributed by atoms with E-state index in [0.29, 0.717) is 10.2 Å². The third-order valence-corrected chi connectivity index (χ3v) is 2.80. The van der Waals surface area contributed by atoms with Crippen LogP contribution in [0.5, 0.6) is 0 Å². The predicted octanol–water partition coefficient (Wildman–Crippen LogP) is 2.43. The fourth-order valence-corrected chi connectivity index (χ4v) is 1.67. The van der Waals surface area contributed by atoms with Crippen molar-refractivity contribution in [1.29, 1.82) is 0 Å². The normalized spacial score (nSPS) is 11.2. The Hall–Kier alpha value is -2.68. The molecule has 0 aliphatic carbocycles. The molecule has 1 aromatic carbocycles. The van der Waals surface area contributed by atoms with Crippen molar-refractivity contribution >= 4 is 33.4 Å². The number of furan rings is 1. The first-order chi connectivity index (χ1) is 9.97. The van der Waals surface area contributed by atoms with Crippen LogP contribution in [0.25, 0.3) is 0 Å². The molecule has 2 N–H and O–H groups in total. The fraction of sp³-hybridized carbons (Fsp3) is 0. The summed E-state index contributed by atoms with van der Waals surface area (Å²) in [6, 6.07) is 8.26. The number of non-ortho nitro benzene ring substituents is 1. The summed E-state index contributed by atoms with van der Waals surface area (Å²) in [5.41, 5.74) is 5.92. The smallest absolute Gasteiger partial charge is 0.400 e. The van der Waals surface area contributed by atoms with Crippen molar-refractivity contribution in [2.24, 2.45) is 10.9 Å². The van der Waals surface area contributed by atoms with Crippen LogP contribution in [0.15, 0.2) is 50.6 Å². The van der Waals surface area contributed by atoms with Crippen molar-refractivity contribution in [3.8, 4) is 0 Å². The molecule has 0 bridgehead atoms. The largest absolute Gasteiger partial charge is 0.442 e. The average molecular weight is 354 g/mol. The Kier molecular flexibility index (Phi) is 4.33. The minimum Gasteiger partial charge on any atom is -0.442 e. The molecule has 0 amide bonds. The Bertz CT molecular complexity index is 708. The van der Waals surface area contributed by atoms with Gasteiger partial charge < -0.3 is 15.0 Å². The maximum atomic E-state index is 11.5. The lowest BCUT2D eigenvalue weighted by Gasteiger charge is -2.00. The van der Waals surface area contributed by atoms with Crippen LogP contribution in [-0.4, -0.2) is 16.7 Å². The molecule has 9 heteroatoms. The van der Waals surface area contributed by atoms with E-state index in [1.807, 2.05) is 0 Å². The number of carbonyl (C=O) groups excluding carboxylic acids is 1. The van der Waals surface area contributed by atoms with Gasteiger partial charge in [0.15, 0.2) is 10.5 Å². The van der Waals surface area contributed by atoms with Crippen LogP contribution >= 0.6 is 15.9 Å². The number of nitro benzene ring substituents is 1. The van der Waals surface area contributed by atoms with Crippen molar-refractivity contribution in [2.45, 2.75) is 0 Å². The number of halogens is 1. The van der Waals surface area contributed by atoms with Crippen LogP contribution < -0.4 is 5.73 Å². The molecule has 0 unspecified atom stereocenters. The third-order valence-electron chi connectivity index (χ3n) is 2.38. The van der Waals surface area contributed by atoms with Gasteiger partial charge in [-0.25, -0.2) is 4.79 Å². The van der Waals surface area contributed by atoms with Crippen LogP contribution in [0.2, 0.25) is 0 Å². The highest BCUT2D eigenvalue weighted by atomic mass is 79.9. The molecule has 0 aliphatic heterocycles. The van der Waals surface area contributed by atoms with Gasteiger partial charge in [-0.2, -0.15) is 0 Å². The number of nitro groups is 1. The van der Waals surface area contributed by atoms with Gasteiger partial charge in [0.2, 0.25) is 5.76 Å². The Labute approximate surface area is 126 Å². The Morgan fingerprint density at radius 2 is 1.95 bits per heavy atom. The van der Waals surface area contributed by atoms with Crippen molar-refractivity contribution < 1.29 is 19.0 Å². The number of rotatable bonds is 4. The summed E-state index contributed by atoms with van der Waals surface area (Å²) in [5.74, 6) is -0.948. The number of oxime groups is 1. The van der Waals surface area contributed by atoms with E-state index in [2.05, 4.69) is 25.9 Å². The molecule has 0 atom stereocenters. The molecule has 1 aromatic heterocycles. The molecular weight excluding hydrogens is 346 g/mol. The van der Waals surface area contributed by atoms with Gasteiger partial charge in [-0.15, -0.1) is 0 Å². The van der Waals surface area contributed by atoms with Crippen molar-refractivity contribution in [1.82, 2.24) is 0 Å². The number of nitrogens with zero attached hydrogens (tertiary/aromatic N) is 2. The Morgan fingerprint density at radius 1 is 1.29 bits per heavy atom. The molecule has 21 heavy (non-hydrogen) atoms. The van der Waals surface area contributed by atoms with E-state index in [9.17, 15) is 14.9 Å². The highest BCUT2D eigenvalue weighted by molar-refractivity contribution is 9.10. The fourth-order valence-electron chi connectivity index (χ4n) is 1.37. The SMILES string of the molecule is N/C(=N/OC(=O)c1ccc(Br)o1)c1ccc([N+](=O)[O-])cc1. The summed E-state index contributed by atoms with van der Waals surface area (Å²) >= 11 is 3.05. The van der Waals surface area contributed by atoms with Crippen LogP contribution in [0.4, 0.5) is 5.69 Å². The van der Waals surface area contributed by atoms with Crippen molar-refractivity contribution in [3.05, 3.63) is 62.5 Å². The van der Waals surface area contributed by atoms with Gasteiger partial charge in [0.05, 0.1) is 4.92 Å². The zero-order valence-corrected chi connectivity index (χ0v) is 11.9.